The first-order chi connectivity index (χ1) is 21.2. The van der Waals surface area contributed by atoms with Crippen molar-refractivity contribution in [3.05, 3.63) is 65.4 Å². The number of carbonyl (C=O) groups is 6. The van der Waals surface area contributed by atoms with Crippen LogP contribution in [0.15, 0.2) is 59.8 Å². The van der Waals surface area contributed by atoms with Gasteiger partial charge in [-0.2, -0.15) is 0 Å². The highest BCUT2D eigenvalue weighted by molar-refractivity contribution is 8.00. The van der Waals surface area contributed by atoms with E-state index in [-0.39, 0.29) is 41.7 Å². The Kier molecular flexibility index (Phi) is 10.2. The van der Waals surface area contributed by atoms with Gasteiger partial charge in [-0.15, -0.1) is 11.8 Å². The summed E-state index contributed by atoms with van der Waals surface area (Å²) in [5.41, 5.74) is -0.660. The van der Waals surface area contributed by atoms with Gasteiger partial charge in [0.1, 0.15) is 35.1 Å². The number of thioether (sulfide) groups is 1. The van der Waals surface area contributed by atoms with Crippen LogP contribution in [0.2, 0.25) is 0 Å². The SMILES string of the molecule is CC(=O)Oc1ccc(C(=O)OCC2=C(C(=O)OC(C)(C)C)N3C(=O)[C@@H](NC(=O)COc4ccccc4)[C@H]3SC2)cc1OC(C)=O. The Labute approximate surface area is 263 Å². The van der Waals surface area contributed by atoms with Gasteiger partial charge in [0, 0.05) is 25.2 Å². The van der Waals surface area contributed by atoms with Crippen molar-refractivity contribution in [2.24, 2.45) is 0 Å². The molecule has 238 valence electrons. The maximum absolute atomic E-state index is 13.3. The van der Waals surface area contributed by atoms with Gasteiger partial charge in [0.25, 0.3) is 11.8 Å². The summed E-state index contributed by atoms with van der Waals surface area (Å²) in [5.74, 6) is -3.56. The molecule has 14 heteroatoms. The highest BCUT2D eigenvalue weighted by Crippen LogP contribution is 2.41. The van der Waals surface area contributed by atoms with Crippen LogP contribution in [0.25, 0.3) is 0 Å². The molecule has 1 fully saturated rings. The number of hydrogen-bond acceptors (Lipinski definition) is 12. The molecular weight excluding hydrogens is 608 g/mol. The smallest absolute Gasteiger partial charge is 0.355 e. The van der Waals surface area contributed by atoms with Crippen LogP contribution in [-0.2, 0) is 33.4 Å². The maximum atomic E-state index is 13.3. The van der Waals surface area contributed by atoms with Gasteiger partial charge in [-0.05, 0) is 51.1 Å². The van der Waals surface area contributed by atoms with Gasteiger partial charge in [-0.25, -0.2) is 9.59 Å². The zero-order valence-corrected chi connectivity index (χ0v) is 26.1. The molecule has 0 spiro atoms. The van der Waals surface area contributed by atoms with Crippen LogP contribution in [-0.4, -0.2) is 76.6 Å². The van der Waals surface area contributed by atoms with Crippen molar-refractivity contribution in [3.63, 3.8) is 0 Å². The molecule has 0 aromatic heterocycles. The molecule has 0 aliphatic carbocycles. The van der Waals surface area contributed by atoms with Crippen molar-refractivity contribution in [2.45, 2.75) is 51.6 Å². The average molecular weight is 641 g/mol. The van der Waals surface area contributed by atoms with Gasteiger partial charge in [0.2, 0.25) is 0 Å². The maximum Gasteiger partial charge on any atom is 0.355 e. The van der Waals surface area contributed by atoms with Crippen molar-refractivity contribution in [1.29, 1.82) is 0 Å². The first-order valence-electron chi connectivity index (χ1n) is 13.8. The van der Waals surface area contributed by atoms with Gasteiger partial charge in [-0.3, -0.25) is 24.1 Å². The molecular formula is C31H32N2O11S. The van der Waals surface area contributed by atoms with Gasteiger partial charge in [0.05, 0.1) is 5.56 Å². The quantitative estimate of drug-likeness (QED) is 0.230. The largest absolute Gasteiger partial charge is 0.484 e. The van der Waals surface area contributed by atoms with Crippen LogP contribution in [0, 0.1) is 0 Å². The molecule has 2 aliphatic heterocycles. The summed E-state index contributed by atoms with van der Waals surface area (Å²) >= 11 is 1.28. The molecule has 2 aliphatic rings. The summed E-state index contributed by atoms with van der Waals surface area (Å²) in [7, 11) is 0. The second kappa shape index (κ2) is 13.8. The van der Waals surface area contributed by atoms with Crippen molar-refractivity contribution in [1.82, 2.24) is 10.2 Å². The number of nitrogens with zero attached hydrogens (tertiary/aromatic N) is 1. The number of carbonyl (C=O) groups excluding carboxylic acids is 6. The number of β-lactam (4-membered cyclic amide) rings is 1. The third kappa shape index (κ3) is 8.41. The lowest BCUT2D eigenvalue weighted by molar-refractivity contribution is -0.159. The minimum atomic E-state index is -0.904. The number of ether oxygens (including phenoxy) is 5. The fourth-order valence-corrected chi connectivity index (χ4v) is 5.66. The minimum absolute atomic E-state index is 0.0246. The van der Waals surface area contributed by atoms with Crippen LogP contribution in [0.4, 0.5) is 0 Å². The second-order valence-corrected chi connectivity index (χ2v) is 12.0. The number of fused-ring (bicyclic) bond motifs is 1. The van der Waals surface area contributed by atoms with E-state index in [0.717, 1.165) is 6.92 Å². The molecule has 2 heterocycles. The molecule has 13 nitrogen and oxygen atoms in total. The van der Waals surface area contributed by atoms with E-state index >= 15 is 0 Å². The monoisotopic (exact) mass is 640 g/mol. The zero-order chi connectivity index (χ0) is 32.9. The molecule has 2 aromatic carbocycles. The molecule has 2 aromatic rings. The lowest BCUT2D eigenvalue weighted by Gasteiger charge is -2.49. The summed E-state index contributed by atoms with van der Waals surface area (Å²) in [6, 6.07) is 11.6. The number of hydrogen-bond donors (Lipinski definition) is 1. The molecule has 0 radical (unpaired) electrons. The topological polar surface area (TPSA) is 164 Å². The van der Waals surface area contributed by atoms with E-state index in [0.29, 0.717) is 11.3 Å². The van der Waals surface area contributed by atoms with Crippen LogP contribution in [0.3, 0.4) is 0 Å². The number of para-hydroxylation sites is 1. The van der Waals surface area contributed by atoms with Gasteiger partial charge < -0.3 is 29.0 Å². The molecule has 1 saturated heterocycles. The number of nitrogens with one attached hydrogen (secondary N) is 1. The van der Waals surface area contributed by atoms with E-state index in [1.165, 1.54) is 41.8 Å². The van der Waals surface area contributed by atoms with Gasteiger partial charge in [-0.1, -0.05) is 18.2 Å². The van der Waals surface area contributed by atoms with Crippen LogP contribution < -0.4 is 19.5 Å². The predicted octanol–water partition coefficient (Wildman–Crippen LogP) is 2.77. The van der Waals surface area contributed by atoms with E-state index in [9.17, 15) is 28.8 Å². The minimum Gasteiger partial charge on any atom is -0.484 e. The Morgan fingerprint density at radius 2 is 1.60 bits per heavy atom. The Morgan fingerprint density at radius 3 is 2.24 bits per heavy atom. The predicted molar refractivity (Wildman–Crippen MR) is 159 cm³/mol. The van der Waals surface area contributed by atoms with Gasteiger partial charge in [0.15, 0.2) is 18.1 Å². The van der Waals surface area contributed by atoms with Crippen molar-refractivity contribution in [2.75, 3.05) is 19.0 Å². The highest BCUT2D eigenvalue weighted by Gasteiger charge is 2.54. The standard InChI is InChI=1S/C31H32N2O11S/c1-17(34)42-22-12-11-19(13-23(22)43-18(2)35)29(38)41-14-20-16-45-28-25(32-24(36)15-40-21-9-7-6-8-10-21)27(37)33(28)26(20)30(39)44-31(3,4)5/h6-13,25,28H,14-16H2,1-5H3,(H,32,36)/t25-,28-/m1/s1. The van der Waals surface area contributed by atoms with Gasteiger partial charge >= 0.3 is 23.9 Å². The van der Waals surface area contributed by atoms with E-state index in [4.69, 9.17) is 23.7 Å². The summed E-state index contributed by atoms with van der Waals surface area (Å²) in [5, 5.41) is 2.06. The third-order valence-electron chi connectivity index (χ3n) is 6.13. The molecule has 0 unspecified atom stereocenters. The molecule has 45 heavy (non-hydrogen) atoms. The van der Waals surface area contributed by atoms with Crippen LogP contribution in [0.1, 0.15) is 45.0 Å². The fraction of sp³-hybridized carbons (Fsp3) is 0.355. The van der Waals surface area contributed by atoms with E-state index < -0.39 is 52.7 Å². The Hall–Kier alpha value is -4.85. The number of rotatable bonds is 10. The summed E-state index contributed by atoms with van der Waals surface area (Å²) in [6.07, 6.45) is 0. The molecule has 0 bridgehead atoms. The first-order valence-corrected chi connectivity index (χ1v) is 14.8. The highest BCUT2D eigenvalue weighted by atomic mass is 32.2. The third-order valence-corrected chi connectivity index (χ3v) is 7.47. The molecule has 1 N–H and O–H groups in total. The molecule has 4 rings (SSSR count). The second-order valence-electron chi connectivity index (χ2n) is 10.9. The average Bonchev–Trinajstić information content (AvgIpc) is 2.97. The lowest BCUT2D eigenvalue weighted by atomic mass is 10.0. The Balaban J connectivity index is 1.49. The molecule has 2 amide bonds. The van der Waals surface area contributed by atoms with Crippen molar-refractivity contribution < 1.29 is 52.5 Å². The van der Waals surface area contributed by atoms with E-state index in [1.54, 1.807) is 45.0 Å². The fourth-order valence-electron chi connectivity index (χ4n) is 4.33. The normalized spacial score (nSPS) is 17.4. The van der Waals surface area contributed by atoms with Crippen molar-refractivity contribution in [3.8, 4) is 17.2 Å². The molecule has 0 saturated carbocycles. The Bertz CT molecular complexity index is 1550. The lowest BCUT2D eigenvalue weighted by Crippen LogP contribution is -2.71. The number of esters is 4. The van der Waals surface area contributed by atoms with E-state index in [2.05, 4.69) is 5.32 Å². The van der Waals surface area contributed by atoms with Crippen LogP contribution in [0.5, 0.6) is 17.2 Å². The summed E-state index contributed by atoms with van der Waals surface area (Å²) in [4.78, 5) is 76.3. The van der Waals surface area contributed by atoms with Crippen LogP contribution >= 0.6 is 11.8 Å². The van der Waals surface area contributed by atoms with Crippen molar-refractivity contribution >= 4 is 47.5 Å². The summed E-state index contributed by atoms with van der Waals surface area (Å²) in [6.45, 7) is 6.67. The number of amides is 2. The summed E-state index contributed by atoms with van der Waals surface area (Å²) < 4.78 is 26.6. The Morgan fingerprint density at radius 1 is 0.933 bits per heavy atom. The van der Waals surface area contributed by atoms with E-state index in [1.807, 2.05) is 6.07 Å². The number of benzene rings is 2. The zero-order valence-electron chi connectivity index (χ0n) is 25.2. The first kappa shape index (κ1) is 33.1. The molecule has 2 atom stereocenters.